The van der Waals surface area contributed by atoms with Crippen LogP contribution in [0.2, 0.25) is 0 Å². The molecule has 4 nitrogen and oxygen atoms in total. The summed E-state index contributed by atoms with van der Waals surface area (Å²) in [5.74, 6) is 0. The predicted molar refractivity (Wildman–Crippen MR) is 119 cm³/mol. The lowest BCUT2D eigenvalue weighted by atomic mass is 9.99. The summed E-state index contributed by atoms with van der Waals surface area (Å²) in [6.07, 6.45) is 7.67. The van der Waals surface area contributed by atoms with Crippen LogP contribution in [-0.2, 0) is 0 Å². The molecule has 5 aromatic rings. The molecule has 5 rings (SSSR count). The zero-order chi connectivity index (χ0) is 19.5. The molecule has 0 spiro atoms. The summed E-state index contributed by atoms with van der Waals surface area (Å²) in [5, 5.41) is 0. The highest BCUT2D eigenvalue weighted by Gasteiger charge is 2.18. The average molecular weight is 392 g/mol. The van der Waals surface area contributed by atoms with Crippen LogP contribution in [-0.4, -0.2) is 18.7 Å². The van der Waals surface area contributed by atoms with Crippen LogP contribution in [0.1, 0.15) is 11.3 Å². The van der Waals surface area contributed by atoms with E-state index in [0.29, 0.717) is 0 Å². The predicted octanol–water partition coefficient (Wildman–Crippen LogP) is 5.99. The average Bonchev–Trinajstić information content (AvgIpc) is 3.28. The highest BCUT2D eigenvalue weighted by Crippen LogP contribution is 2.36. The van der Waals surface area contributed by atoms with Crippen molar-refractivity contribution in [3.05, 3.63) is 96.4 Å². The number of benzene rings is 2. The molecular weight excluding hydrogens is 376 g/mol. The third-order valence-corrected chi connectivity index (χ3v) is 5.22. The quantitative estimate of drug-likeness (QED) is 0.377. The van der Waals surface area contributed by atoms with Crippen LogP contribution in [0.25, 0.3) is 45.6 Å². The fourth-order valence-electron chi connectivity index (χ4n) is 3.32. The van der Waals surface area contributed by atoms with Gasteiger partial charge in [-0.3, -0.25) is 4.98 Å². The topological polar surface area (TPSA) is 51.6 Å². The molecule has 3 heterocycles. The Labute approximate surface area is 172 Å². The van der Waals surface area contributed by atoms with E-state index in [0.717, 1.165) is 44.7 Å². The van der Waals surface area contributed by atoms with Crippen molar-refractivity contribution >= 4 is 34.9 Å². The Morgan fingerprint density at radius 3 is 2.03 bits per heavy atom. The van der Waals surface area contributed by atoms with E-state index >= 15 is 0 Å². The lowest BCUT2D eigenvalue weighted by Gasteiger charge is -2.10. The lowest BCUT2D eigenvalue weighted by molar-refractivity contribution is 1.31. The summed E-state index contributed by atoms with van der Waals surface area (Å²) in [5.41, 5.74) is 7.61. The zero-order valence-electron chi connectivity index (χ0n) is 15.4. The third-order valence-electron chi connectivity index (χ3n) is 4.69. The van der Waals surface area contributed by atoms with Crippen molar-refractivity contribution < 1.29 is 0 Å². The van der Waals surface area contributed by atoms with Crippen molar-refractivity contribution in [3.63, 3.8) is 0 Å². The summed E-state index contributed by atoms with van der Waals surface area (Å²) < 4.78 is 9.22. The third kappa shape index (κ3) is 3.44. The molecular formula is C24H16N4S. The summed E-state index contributed by atoms with van der Waals surface area (Å²) in [6.45, 7) is 0. The molecule has 0 aliphatic heterocycles. The second kappa shape index (κ2) is 7.73. The fraction of sp³-hybridized carbons (Fsp3) is 0. The summed E-state index contributed by atoms with van der Waals surface area (Å²) in [4.78, 5) is 9.12. The van der Waals surface area contributed by atoms with Crippen molar-refractivity contribution in [3.8, 4) is 22.4 Å². The van der Waals surface area contributed by atoms with Crippen LogP contribution < -0.4 is 0 Å². The van der Waals surface area contributed by atoms with Gasteiger partial charge in [0.1, 0.15) is 11.0 Å². The Bertz CT molecular complexity index is 1280. The first-order chi connectivity index (χ1) is 14.4. The molecule has 0 radical (unpaired) electrons. The number of aromatic nitrogens is 4. The van der Waals surface area contributed by atoms with E-state index in [9.17, 15) is 0 Å². The van der Waals surface area contributed by atoms with Gasteiger partial charge in [-0.05, 0) is 29.3 Å². The van der Waals surface area contributed by atoms with Gasteiger partial charge in [-0.15, -0.1) is 0 Å². The van der Waals surface area contributed by atoms with Gasteiger partial charge >= 0.3 is 0 Å². The van der Waals surface area contributed by atoms with E-state index < -0.39 is 0 Å². The van der Waals surface area contributed by atoms with Crippen molar-refractivity contribution in [1.82, 2.24) is 18.7 Å². The Morgan fingerprint density at radius 1 is 0.655 bits per heavy atom. The first-order valence-electron chi connectivity index (χ1n) is 9.25. The van der Waals surface area contributed by atoms with E-state index in [1.54, 1.807) is 12.4 Å². The zero-order valence-corrected chi connectivity index (χ0v) is 16.3. The Morgan fingerprint density at radius 2 is 1.31 bits per heavy atom. The number of rotatable bonds is 4. The smallest absolute Gasteiger partial charge is 0.131 e. The number of pyridine rings is 2. The highest BCUT2D eigenvalue weighted by molar-refractivity contribution is 7.00. The molecule has 0 saturated carbocycles. The molecule has 2 aromatic carbocycles. The van der Waals surface area contributed by atoms with Crippen molar-refractivity contribution in [2.45, 2.75) is 0 Å². The van der Waals surface area contributed by atoms with E-state index in [1.807, 2.05) is 54.6 Å². The van der Waals surface area contributed by atoms with Gasteiger partial charge < -0.3 is 0 Å². The van der Waals surface area contributed by atoms with Gasteiger partial charge in [-0.25, -0.2) is 4.98 Å². The van der Waals surface area contributed by atoms with Gasteiger partial charge in [0.2, 0.25) is 0 Å². The number of hydrogen-bond acceptors (Lipinski definition) is 5. The molecule has 0 fully saturated rings. The summed E-state index contributed by atoms with van der Waals surface area (Å²) >= 11 is 1.22. The van der Waals surface area contributed by atoms with Crippen LogP contribution in [0.4, 0.5) is 0 Å². The van der Waals surface area contributed by atoms with E-state index in [1.165, 1.54) is 11.7 Å². The molecule has 0 amide bonds. The minimum Gasteiger partial charge on any atom is -0.265 e. The van der Waals surface area contributed by atoms with Crippen molar-refractivity contribution in [2.75, 3.05) is 0 Å². The SMILES string of the molecule is C(=Cc1nc(-c2ccccc2)c2nsnc2c1-c1ccccc1)c1ccncc1. The van der Waals surface area contributed by atoms with Crippen molar-refractivity contribution in [1.29, 1.82) is 0 Å². The van der Waals surface area contributed by atoms with Crippen LogP contribution >= 0.6 is 11.7 Å². The normalized spacial score (nSPS) is 11.3. The van der Waals surface area contributed by atoms with E-state index in [-0.39, 0.29) is 0 Å². The maximum absolute atomic E-state index is 5.04. The molecule has 0 saturated heterocycles. The van der Waals surface area contributed by atoms with Gasteiger partial charge in [0, 0.05) is 23.5 Å². The fourth-order valence-corrected chi connectivity index (χ4v) is 3.87. The maximum atomic E-state index is 5.04. The maximum Gasteiger partial charge on any atom is 0.131 e. The molecule has 0 aliphatic carbocycles. The number of hydrogen-bond donors (Lipinski definition) is 0. The molecule has 0 unspecified atom stereocenters. The summed E-state index contributed by atoms with van der Waals surface area (Å²) in [7, 11) is 0. The lowest BCUT2D eigenvalue weighted by Crippen LogP contribution is -1.95. The van der Waals surface area contributed by atoms with Crippen LogP contribution in [0, 0.1) is 0 Å². The van der Waals surface area contributed by atoms with Gasteiger partial charge in [0.15, 0.2) is 0 Å². The first-order valence-corrected chi connectivity index (χ1v) is 9.98. The minimum atomic E-state index is 0.834. The van der Waals surface area contributed by atoms with Crippen LogP contribution in [0.5, 0.6) is 0 Å². The van der Waals surface area contributed by atoms with E-state index in [4.69, 9.17) is 4.98 Å². The molecule has 0 N–H and O–H groups in total. The number of fused-ring (bicyclic) bond motifs is 1. The minimum absolute atomic E-state index is 0.834. The second-order valence-corrected chi connectivity index (χ2v) is 7.06. The molecule has 0 bridgehead atoms. The standard InChI is InChI=1S/C24H16N4S/c1-3-7-18(8-4-1)21-20(12-11-17-13-15-25-16-14-17)26-22(19-9-5-2-6-10-19)24-23(21)27-29-28-24/h1-16H. The Kier molecular flexibility index (Phi) is 4.64. The monoisotopic (exact) mass is 392 g/mol. The van der Waals surface area contributed by atoms with Crippen LogP contribution in [0.15, 0.2) is 85.2 Å². The summed E-state index contributed by atoms with van der Waals surface area (Å²) in [6, 6.07) is 24.3. The molecule has 3 aromatic heterocycles. The Balaban J connectivity index is 1.78. The van der Waals surface area contributed by atoms with Crippen LogP contribution in [0.3, 0.4) is 0 Å². The first kappa shape index (κ1) is 17.4. The molecule has 5 heteroatoms. The largest absolute Gasteiger partial charge is 0.265 e. The molecule has 0 atom stereocenters. The Hall–Kier alpha value is -3.70. The van der Waals surface area contributed by atoms with Gasteiger partial charge in [0.05, 0.1) is 23.1 Å². The van der Waals surface area contributed by atoms with Gasteiger partial charge in [-0.1, -0.05) is 66.7 Å². The highest BCUT2D eigenvalue weighted by atomic mass is 32.1. The second-order valence-electron chi connectivity index (χ2n) is 6.53. The van der Waals surface area contributed by atoms with Gasteiger partial charge in [-0.2, -0.15) is 8.75 Å². The van der Waals surface area contributed by atoms with Gasteiger partial charge in [0.25, 0.3) is 0 Å². The molecule has 0 aliphatic rings. The van der Waals surface area contributed by atoms with Crippen molar-refractivity contribution in [2.24, 2.45) is 0 Å². The number of nitrogens with zero attached hydrogens (tertiary/aromatic N) is 4. The molecule has 138 valence electrons. The molecule has 29 heavy (non-hydrogen) atoms. The van der Waals surface area contributed by atoms with E-state index in [2.05, 4.69) is 44.1 Å².